The predicted molar refractivity (Wildman–Crippen MR) is 78.9 cm³/mol. The van der Waals surface area contributed by atoms with Gasteiger partial charge in [0, 0.05) is 16.6 Å². The maximum atomic E-state index is 12.3. The third-order valence-electron chi connectivity index (χ3n) is 3.18. The number of benzene rings is 1. The van der Waals surface area contributed by atoms with Crippen LogP contribution in [-0.2, 0) is 0 Å². The second kappa shape index (κ2) is 6.09. The lowest BCUT2D eigenvalue weighted by atomic mass is 10.1. The van der Waals surface area contributed by atoms with Gasteiger partial charge in [-0.2, -0.15) is 0 Å². The van der Waals surface area contributed by atoms with Gasteiger partial charge >= 0.3 is 0 Å². The zero-order chi connectivity index (χ0) is 14.7. The van der Waals surface area contributed by atoms with Crippen molar-refractivity contribution in [2.75, 3.05) is 0 Å². The lowest BCUT2D eigenvalue weighted by Crippen LogP contribution is -2.32. The Bertz CT molecular complexity index is 622. The molecule has 1 aromatic heterocycles. The maximum absolute atomic E-state index is 12.3. The number of carbonyl (C=O) groups is 1. The molecule has 0 aliphatic heterocycles. The second-order valence-corrected chi connectivity index (χ2v) is 5.19. The van der Waals surface area contributed by atoms with Crippen LogP contribution in [0, 0.1) is 6.92 Å². The molecular weight excluding hydrogens is 276 g/mol. The molecule has 1 aromatic carbocycles. The fourth-order valence-electron chi connectivity index (χ4n) is 1.87. The van der Waals surface area contributed by atoms with Crippen molar-refractivity contribution in [3.63, 3.8) is 0 Å². The zero-order valence-electron chi connectivity index (χ0n) is 11.7. The van der Waals surface area contributed by atoms with Crippen LogP contribution in [0.5, 0.6) is 0 Å². The van der Waals surface area contributed by atoms with Crippen LogP contribution in [0.25, 0.3) is 11.3 Å². The minimum absolute atomic E-state index is 0.101. The standard InChI is InChI=1S/C15H17ClN2O2/c1-4-9(2)17-15(19)13-10(3)20-18-14(13)11-6-5-7-12(16)8-11/h5-9H,4H2,1-3H3,(H,17,19). The second-order valence-electron chi connectivity index (χ2n) is 4.76. The van der Waals surface area contributed by atoms with E-state index in [0.29, 0.717) is 22.0 Å². The molecule has 0 aliphatic carbocycles. The Labute approximate surface area is 123 Å². The van der Waals surface area contributed by atoms with Crippen molar-refractivity contribution in [2.45, 2.75) is 33.2 Å². The fourth-order valence-corrected chi connectivity index (χ4v) is 2.06. The van der Waals surface area contributed by atoms with Gasteiger partial charge in [0.15, 0.2) is 0 Å². The van der Waals surface area contributed by atoms with E-state index in [0.717, 1.165) is 12.0 Å². The van der Waals surface area contributed by atoms with Crippen molar-refractivity contribution in [3.05, 3.63) is 40.6 Å². The van der Waals surface area contributed by atoms with Gasteiger partial charge in [0.2, 0.25) is 0 Å². The molecule has 1 N–H and O–H groups in total. The molecule has 0 saturated heterocycles. The molecule has 0 spiro atoms. The molecule has 2 rings (SSSR count). The third-order valence-corrected chi connectivity index (χ3v) is 3.41. The molecule has 0 aliphatic rings. The van der Waals surface area contributed by atoms with Gasteiger partial charge in [-0.1, -0.05) is 35.8 Å². The Balaban J connectivity index is 2.39. The van der Waals surface area contributed by atoms with Gasteiger partial charge in [-0.3, -0.25) is 4.79 Å². The highest BCUT2D eigenvalue weighted by atomic mass is 35.5. The first kappa shape index (κ1) is 14.6. The maximum Gasteiger partial charge on any atom is 0.257 e. The molecule has 1 amide bonds. The van der Waals surface area contributed by atoms with Crippen molar-refractivity contribution in [3.8, 4) is 11.3 Å². The first-order chi connectivity index (χ1) is 9.52. The van der Waals surface area contributed by atoms with Crippen LogP contribution in [0.4, 0.5) is 0 Å². The van der Waals surface area contributed by atoms with Crippen LogP contribution in [0.3, 0.4) is 0 Å². The van der Waals surface area contributed by atoms with Gasteiger partial charge < -0.3 is 9.84 Å². The van der Waals surface area contributed by atoms with Crippen molar-refractivity contribution in [2.24, 2.45) is 0 Å². The lowest BCUT2D eigenvalue weighted by molar-refractivity contribution is 0.0938. The first-order valence-corrected chi connectivity index (χ1v) is 6.93. The Morgan fingerprint density at radius 3 is 2.90 bits per heavy atom. The summed E-state index contributed by atoms with van der Waals surface area (Å²) in [7, 11) is 0. The summed E-state index contributed by atoms with van der Waals surface area (Å²) in [4.78, 5) is 12.3. The van der Waals surface area contributed by atoms with Gasteiger partial charge in [-0.15, -0.1) is 0 Å². The average molecular weight is 293 g/mol. The van der Waals surface area contributed by atoms with Gasteiger partial charge in [-0.05, 0) is 32.4 Å². The van der Waals surface area contributed by atoms with Crippen LogP contribution >= 0.6 is 11.6 Å². The highest BCUT2D eigenvalue weighted by Gasteiger charge is 2.22. The summed E-state index contributed by atoms with van der Waals surface area (Å²) in [5.74, 6) is 0.328. The van der Waals surface area contributed by atoms with Crippen molar-refractivity contribution in [1.82, 2.24) is 10.5 Å². The van der Waals surface area contributed by atoms with Crippen molar-refractivity contribution in [1.29, 1.82) is 0 Å². The highest BCUT2D eigenvalue weighted by molar-refractivity contribution is 6.30. The number of aryl methyl sites for hydroxylation is 1. The summed E-state index contributed by atoms with van der Waals surface area (Å²) in [6.07, 6.45) is 0.864. The topological polar surface area (TPSA) is 55.1 Å². The normalized spacial score (nSPS) is 12.2. The summed E-state index contributed by atoms with van der Waals surface area (Å²) in [5, 5.41) is 7.51. The van der Waals surface area contributed by atoms with E-state index in [4.69, 9.17) is 16.1 Å². The van der Waals surface area contributed by atoms with E-state index in [1.165, 1.54) is 0 Å². The molecule has 106 valence electrons. The fraction of sp³-hybridized carbons (Fsp3) is 0.333. The summed E-state index contributed by atoms with van der Waals surface area (Å²) in [6.45, 7) is 5.70. The number of carbonyl (C=O) groups excluding carboxylic acids is 1. The van der Waals surface area contributed by atoms with Crippen LogP contribution < -0.4 is 5.32 Å². The summed E-state index contributed by atoms with van der Waals surface area (Å²) >= 11 is 5.98. The molecule has 0 bridgehead atoms. The molecule has 1 atom stereocenters. The molecule has 2 aromatic rings. The van der Waals surface area contributed by atoms with Crippen molar-refractivity contribution < 1.29 is 9.32 Å². The monoisotopic (exact) mass is 292 g/mol. The molecule has 20 heavy (non-hydrogen) atoms. The predicted octanol–water partition coefficient (Wildman–Crippen LogP) is 3.83. The van der Waals surface area contributed by atoms with Crippen molar-refractivity contribution >= 4 is 17.5 Å². The summed E-state index contributed by atoms with van der Waals surface area (Å²) in [5.41, 5.74) is 1.75. The zero-order valence-corrected chi connectivity index (χ0v) is 12.5. The van der Waals surface area contributed by atoms with E-state index in [2.05, 4.69) is 10.5 Å². The third kappa shape index (κ3) is 3.02. The molecule has 0 fully saturated rings. The Morgan fingerprint density at radius 1 is 1.50 bits per heavy atom. The van der Waals surface area contributed by atoms with E-state index in [1.54, 1.807) is 19.1 Å². The quantitative estimate of drug-likeness (QED) is 0.931. The number of hydrogen-bond donors (Lipinski definition) is 1. The number of halogens is 1. The highest BCUT2D eigenvalue weighted by Crippen LogP contribution is 2.27. The Hall–Kier alpha value is -1.81. The molecular formula is C15H17ClN2O2. The molecule has 4 nitrogen and oxygen atoms in total. The first-order valence-electron chi connectivity index (χ1n) is 6.56. The largest absolute Gasteiger partial charge is 0.360 e. The average Bonchev–Trinajstić information content (AvgIpc) is 2.80. The van der Waals surface area contributed by atoms with Crippen LogP contribution in [0.2, 0.25) is 5.02 Å². The van der Waals surface area contributed by atoms with E-state index < -0.39 is 0 Å². The minimum Gasteiger partial charge on any atom is -0.360 e. The van der Waals surface area contributed by atoms with Gasteiger partial charge in [-0.25, -0.2) is 0 Å². The number of nitrogens with one attached hydrogen (secondary N) is 1. The molecule has 0 saturated carbocycles. The van der Waals surface area contributed by atoms with Crippen LogP contribution in [-0.4, -0.2) is 17.1 Å². The van der Waals surface area contributed by atoms with E-state index >= 15 is 0 Å². The molecule has 5 heteroatoms. The summed E-state index contributed by atoms with van der Waals surface area (Å²) < 4.78 is 5.17. The minimum atomic E-state index is -0.173. The Kier molecular flexibility index (Phi) is 4.45. The number of hydrogen-bond acceptors (Lipinski definition) is 3. The van der Waals surface area contributed by atoms with Gasteiger partial charge in [0.25, 0.3) is 5.91 Å². The van der Waals surface area contributed by atoms with E-state index in [9.17, 15) is 4.79 Å². The molecule has 1 unspecified atom stereocenters. The number of amides is 1. The van der Waals surface area contributed by atoms with E-state index in [-0.39, 0.29) is 11.9 Å². The Morgan fingerprint density at radius 2 is 2.25 bits per heavy atom. The number of aromatic nitrogens is 1. The molecule has 0 radical (unpaired) electrons. The van der Waals surface area contributed by atoms with Gasteiger partial charge in [0.05, 0.1) is 0 Å². The summed E-state index contributed by atoms with van der Waals surface area (Å²) in [6, 6.07) is 7.31. The van der Waals surface area contributed by atoms with E-state index in [1.807, 2.05) is 26.0 Å². The van der Waals surface area contributed by atoms with Crippen LogP contribution in [0.15, 0.2) is 28.8 Å². The molecule has 1 heterocycles. The lowest BCUT2D eigenvalue weighted by Gasteiger charge is -2.11. The van der Waals surface area contributed by atoms with Crippen LogP contribution in [0.1, 0.15) is 36.4 Å². The number of rotatable bonds is 4. The number of nitrogens with zero attached hydrogens (tertiary/aromatic N) is 1. The van der Waals surface area contributed by atoms with Gasteiger partial charge in [0.1, 0.15) is 17.0 Å². The smallest absolute Gasteiger partial charge is 0.257 e. The SMILES string of the molecule is CCC(C)NC(=O)c1c(-c2cccc(Cl)c2)noc1C.